The number of ketones is 4. The maximum Gasteiger partial charge on any atom is 0.185 e. The number of nitrogens with one attached hydrogen (secondary N) is 1. The first-order chi connectivity index (χ1) is 23.1. The van der Waals surface area contributed by atoms with Gasteiger partial charge in [-0.25, -0.2) is 0 Å². The molecule has 15 heteroatoms. The van der Waals surface area contributed by atoms with Crippen molar-refractivity contribution >= 4 is 41.0 Å². The Morgan fingerprint density at radius 3 is 1.14 bits per heavy atom. The van der Waals surface area contributed by atoms with Crippen molar-refractivity contribution < 1.29 is 19.2 Å². The van der Waals surface area contributed by atoms with Gasteiger partial charge in [0.2, 0.25) is 0 Å². The zero-order valence-electron chi connectivity index (χ0n) is 32.4. The number of hydrogen-bond acceptors (Lipinski definition) is 9. The van der Waals surface area contributed by atoms with Gasteiger partial charge in [-0.15, -0.1) is 0 Å². The zero-order chi connectivity index (χ0) is 39.7. The van der Waals surface area contributed by atoms with Crippen molar-refractivity contribution in [3.05, 3.63) is 12.4 Å². The summed E-state index contributed by atoms with van der Waals surface area (Å²) in [5, 5.41) is 2.95. The summed E-state index contributed by atoms with van der Waals surface area (Å²) in [6, 6.07) is 0. The molecule has 0 aliphatic rings. The molecular weight excluding hydrogens is 638 g/mol. The van der Waals surface area contributed by atoms with Crippen molar-refractivity contribution in [1.29, 1.82) is 0 Å². The Hall–Kier alpha value is -4.17. The molecule has 0 rings (SSSR count). The summed E-state index contributed by atoms with van der Waals surface area (Å²) < 4.78 is 0. The Morgan fingerprint density at radius 2 is 0.780 bits per heavy atom. The number of Topliss-reactive ketones (excluding diaryl/α,β-unsaturated/α-hetero) is 4. The summed E-state index contributed by atoms with van der Waals surface area (Å²) >= 11 is 0. The van der Waals surface area contributed by atoms with Crippen LogP contribution < -0.4 is 45.5 Å². The average molecular weight is 712 g/mol. The maximum absolute atomic E-state index is 11.2. The predicted octanol–water partition coefficient (Wildman–Crippen LogP) is 2.59. The van der Waals surface area contributed by atoms with Crippen LogP contribution in [0, 0.1) is 23.7 Å². The third-order valence-corrected chi connectivity index (χ3v) is 6.68. The molecule has 0 aromatic heterocycles. The minimum Gasteiger partial charge on any atom is -0.386 e. The first-order valence-electron chi connectivity index (χ1n) is 17.6. The minimum absolute atomic E-state index is 0.0431. The van der Waals surface area contributed by atoms with Gasteiger partial charge in [0.05, 0.1) is 5.82 Å². The predicted molar refractivity (Wildman–Crippen MR) is 209 cm³/mol. The van der Waals surface area contributed by atoms with Crippen LogP contribution in [0.1, 0.15) is 120 Å². The van der Waals surface area contributed by atoms with Crippen molar-refractivity contribution in [3.63, 3.8) is 0 Å². The van der Waals surface area contributed by atoms with Gasteiger partial charge in [-0.2, -0.15) is 0 Å². The third kappa shape index (κ3) is 46.0. The van der Waals surface area contributed by atoms with Crippen LogP contribution in [0.2, 0.25) is 0 Å². The molecule has 292 valence electrons. The third-order valence-electron chi connectivity index (χ3n) is 6.68. The van der Waals surface area contributed by atoms with Crippen molar-refractivity contribution in [2.24, 2.45) is 78.8 Å². The molecule has 50 heavy (non-hydrogen) atoms. The number of guanidine groups is 3. The highest BCUT2D eigenvalue weighted by Crippen LogP contribution is 2.06. The maximum atomic E-state index is 11.2. The lowest BCUT2D eigenvalue weighted by atomic mass is 10.0. The molecule has 0 aliphatic heterocycles. The summed E-state index contributed by atoms with van der Waals surface area (Å²) in [5.41, 5.74) is 36.0. The van der Waals surface area contributed by atoms with Crippen LogP contribution in [0.5, 0.6) is 0 Å². The quantitative estimate of drug-likeness (QED) is 0.0431. The van der Waals surface area contributed by atoms with E-state index in [0.717, 1.165) is 45.1 Å². The second-order valence-corrected chi connectivity index (χ2v) is 13.0. The summed E-state index contributed by atoms with van der Waals surface area (Å²) in [4.78, 5) is 55.7. The van der Waals surface area contributed by atoms with Gasteiger partial charge in [0.15, 0.2) is 17.9 Å². The smallest absolute Gasteiger partial charge is 0.185 e. The average Bonchev–Trinajstić information content (AvgIpc) is 3.00. The molecule has 0 atom stereocenters. The van der Waals surface area contributed by atoms with Crippen LogP contribution in [0.4, 0.5) is 0 Å². The molecule has 0 saturated carbocycles. The van der Waals surface area contributed by atoms with E-state index >= 15 is 0 Å². The number of aliphatic imine (C=N–C) groups is 3. The second-order valence-electron chi connectivity index (χ2n) is 13.0. The van der Waals surface area contributed by atoms with E-state index in [9.17, 15) is 19.2 Å². The van der Waals surface area contributed by atoms with Gasteiger partial charge in [0, 0.05) is 75.5 Å². The van der Waals surface area contributed by atoms with Gasteiger partial charge < -0.3 is 45.5 Å². The molecule has 0 spiro atoms. The Bertz CT molecular complexity index is 1030. The number of nitrogens with two attached hydrogens (primary N) is 7. The Kier molecular flexibility index (Phi) is 36.5. The number of unbranched alkanes of at least 4 members (excludes halogenated alkanes) is 3. The zero-order valence-corrected chi connectivity index (χ0v) is 32.4. The van der Waals surface area contributed by atoms with Crippen LogP contribution in [-0.2, 0) is 19.2 Å². The molecule has 0 aromatic rings. The molecular formula is C35H73N11O4. The summed E-state index contributed by atoms with van der Waals surface area (Å²) in [7, 11) is 0. The van der Waals surface area contributed by atoms with Crippen LogP contribution in [-0.4, -0.2) is 67.2 Å². The van der Waals surface area contributed by atoms with Gasteiger partial charge >= 0.3 is 0 Å². The van der Waals surface area contributed by atoms with Crippen molar-refractivity contribution in [2.75, 3.05) is 26.2 Å². The Balaban J connectivity index is -0.000000283. The fourth-order valence-electron chi connectivity index (χ4n) is 3.38. The molecule has 0 bridgehead atoms. The minimum atomic E-state index is 0.0431. The first-order valence-corrected chi connectivity index (χ1v) is 17.6. The molecule has 15 nitrogen and oxygen atoms in total. The van der Waals surface area contributed by atoms with Gasteiger partial charge in [-0.1, -0.05) is 68.4 Å². The number of nitrogens with zero attached hydrogens (tertiary/aromatic N) is 3. The molecule has 0 saturated heterocycles. The number of rotatable bonds is 23. The van der Waals surface area contributed by atoms with Crippen molar-refractivity contribution in [2.45, 2.75) is 120 Å². The molecule has 0 aromatic carbocycles. The first kappa shape index (κ1) is 52.6. The monoisotopic (exact) mass is 712 g/mol. The SMILES string of the molecule is C=C(N)NCCCCCC(=O)C(C)C.CC(C)C(=O)CCCCN=C(N)N.CC(C)C(=O)CCCN=C(N)N.CC(C)C(=O)CCN=C(N)N. The van der Waals surface area contributed by atoms with Crippen LogP contribution >= 0.6 is 0 Å². The molecule has 0 heterocycles. The van der Waals surface area contributed by atoms with Gasteiger partial charge in [0.25, 0.3) is 0 Å². The van der Waals surface area contributed by atoms with Crippen LogP contribution in [0.25, 0.3) is 0 Å². The molecule has 15 N–H and O–H groups in total. The molecule has 0 unspecified atom stereocenters. The van der Waals surface area contributed by atoms with E-state index < -0.39 is 0 Å². The molecule has 0 radical (unpaired) electrons. The van der Waals surface area contributed by atoms with Crippen LogP contribution in [0.3, 0.4) is 0 Å². The molecule has 0 fully saturated rings. The van der Waals surface area contributed by atoms with E-state index in [1.54, 1.807) is 0 Å². The lowest BCUT2D eigenvalue weighted by Gasteiger charge is -2.05. The fourth-order valence-corrected chi connectivity index (χ4v) is 3.38. The lowest BCUT2D eigenvalue weighted by Crippen LogP contribution is -2.23. The number of hydrogen-bond donors (Lipinski definition) is 8. The molecule has 0 amide bonds. The normalized spacial score (nSPS) is 10.0. The summed E-state index contributed by atoms with van der Waals surface area (Å²) in [6.07, 6.45) is 7.90. The van der Waals surface area contributed by atoms with Gasteiger partial charge in [-0.3, -0.25) is 34.2 Å². The van der Waals surface area contributed by atoms with E-state index in [1.807, 2.05) is 55.4 Å². The highest BCUT2D eigenvalue weighted by atomic mass is 16.1. The second kappa shape index (κ2) is 34.7. The number of carbonyl (C=O) groups is 4. The van der Waals surface area contributed by atoms with Crippen molar-refractivity contribution in [1.82, 2.24) is 5.32 Å². The summed E-state index contributed by atoms with van der Waals surface area (Å²) in [5.74, 6) is 2.40. The Morgan fingerprint density at radius 1 is 0.460 bits per heavy atom. The van der Waals surface area contributed by atoms with E-state index in [-0.39, 0.29) is 53.1 Å². The lowest BCUT2D eigenvalue weighted by molar-refractivity contribution is -0.122. The van der Waals surface area contributed by atoms with E-state index in [1.165, 1.54) is 0 Å². The standard InChI is InChI=1S/C11H22N2O.C9H19N3O.C8H17N3O.C7H15N3O/c1-9(2)11(14)7-5-4-6-8-13-10(3)12;1-7(2)8(13)5-3-4-6-12-9(10)11;1-6(2)7(12)4-3-5-11-8(9)10;1-5(2)6(11)3-4-10-7(8)9/h9,13H,3-8,12H2,1-2H3;7H,3-6H2,1-2H3,(H4,10,11,12);6H,3-5H2,1-2H3,(H4,9,10,11);5H,3-4H2,1-2H3,(H4,8,9,10). The fraction of sp³-hybridized carbons (Fsp3) is 0.743. The highest BCUT2D eigenvalue weighted by Gasteiger charge is 2.07. The highest BCUT2D eigenvalue weighted by molar-refractivity contribution is 5.82. The largest absolute Gasteiger partial charge is 0.386 e. The van der Waals surface area contributed by atoms with Crippen molar-refractivity contribution in [3.8, 4) is 0 Å². The number of carbonyl (C=O) groups excluding carboxylic acids is 4. The summed E-state index contributed by atoms with van der Waals surface area (Å²) in [6.45, 7) is 21.2. The molecule has 0 aliphatic carbocycles. The van der Waals surface area contributed by atoms with E-state index in [4.69, 9.17) is 40.1 Å². The van der Waals surface area contributed by atoms with Gasteiger partial charge in [-0.05, 0) is 32.1 Å². The Labute approximate surface area is 302 Å². The topological polar surface area (TPSA) is 300 Å². The van der Waals surface area contributed by atoms with E-state index in [0.29, 0.717) is 62.7 Å². The van der Waals surface area contributed by atoms with Crippen LogP contribution in [0.15, 0.2) is 27.4 Å². The van der Waals surface area contributed by atoms with Gasteiger partial charge in [0.1, 0.15) is 23.1 Å². The van der Waals surface area contributed by atoms with E-state index in [2.05, 4.69) is 26.9 Å².